The maximum absolute atomic E-state index is 9.38. The molecular weight excluding hydrogens is 128 g/mol. The van der Waals surface area contributed by atoms with E-state index in [9.17, 15) is 10.2 Å². The molecule has 0 saturated heterocycles. The zero-order valence-electron chi connectivity index (χ0n) is 6.46. The highest BCUT2D eigenvalue weighted by Gasteiger charge is 2.26. The van der Waals surface area contributed by atoms with Crippen molar-refractivity contribution in [2.24, 2.45) is 0 Å². The fraction of sp³-hybridized carbons (Fsp3) is 0.750. The van der Waals surface area contributed by atoms with Crippen LogP contribution in [-0.4, -0.2) is 21.9 Å². The minimum atomic E-state index is -1.04. The van der Waals surface area contributed by atoms with Crippen molar-refractivity contribution in [1.29, 1.82) is 0 Å². The van der Waals surface area contributed by atoms with Gasteiger partial charge < -0.3 is 10.2 Å². The molecule has 0 saturated carbocycles. The van der Waals surface area contributed by atoms with Gasteiger partial charge in [0.25, 0.3) is 0 Å². The summed E-state index contributed by atoms with van der Waals surface area (Å²) in [5.41, 5.74) is -1.04. The van der Waals surface area contributed by atoms with Crippen LogP contribution in [0.3, 0.4) is 0 Å². The average molecular weight is 142 g/mol. The zero-order chi connectivity index (χ0) is 8.20. The summed E-state index contributed by atoms with van der Waals surface area (Å²) in [6, 6.07) is 0. The van der Waals surface area contributed by atoms with Gasteiger partial charge in [0.1, 0.15) is 0 Å². The van der Waals surface area contributed by atoms with Gasteiger partial charge in [-0.1, -0.05) is 6.92 Å². The first kappa shape index (κ1) is 9.48. The highest BCUT2D eigenvalue weighted by molar-refractivity contribution is 4.93. The van der Waals surface area contributed by atoms with Crippen LogP contribution in [0.25, 0.3) is 0 Å². The normalized spacial score (nSPS) is 19.1. The maximum Gasteiger partial charge on any atom is 0.0933 e. The lowest BCUT2D eigenvalue weighted by Crippen LogP contribution is -2.38. The predicted molar refractivity (Wildman–Crippen MR) is 40.4 cm³/mol. The summed E-state index contributed by atoms with van der Waals surface area (Å²) in [7, 11) is 0. The molecule has 0 radical (unpaired) electrons. The third-order valence-electron chi connectivity index (χ3n) is 1.74. The number of hydrogen-bond donors (Lipinski definition) is 2. The van der Waals surface area contributed by atoms with Crippen molar-refractivity contribution in [3.8, 4) is 12.3 Å². The second-order valence-electron chi connectivity index (χ2n) is 2.63. The molecule has 0 aliphatic rings. The van der Waals surface area contributed by atoms with Gasteiger partial charge in [-0.05, 0) is 13.3 Å². The molecule has 0 amide bonds. The summed E-state index contributed by atoms with van der Waals surface area (Å²) in [5, 5.41) is 18.6. The lowest BCUT2D eigenvalue weighted by molar-refractivity contribution is -0.0607. The molecule has 0 heterocycles. The average Bonchev–Trinajstić information content (AvgIpc) is 1.89. The van der Waals surface area contributed by atoms with Gasteiger partial charge in [-0.15, -0.1) is 12.3 Å². The Morgan fingerprint density at radius 3 is 2.50 bits per heavy atom. The smallest absolute Gasteiger partial charge is 0.0933 e. The van der Waals surface area contributed by atoms with E-state index in [-0.39, 0.29) is 6.42 Å². The van der Waals surface area contributed by atoms with Crippen LogP contribution >= 0.6 is 0 Å². The van der Waals surface area contributed by atoms with E-state index in [0.29, 0.717) is 6.42 Å². The fourth-order valence-electron chi connectivity index (χ4n) is 0.567. The molecular formula is C8H14O2. The van der Waals surface area contributed by atoms with Crippen molar-refractivity contribution < 1.29 is 10.2 Å². The number of aliphatic hydroxyl groups is 2. The molecule has 0 aliphatic carbocycles. The number of aliphatic hydroxyl groups excluding tert-OH is 1. The lowest BCUT2D eigenvalue weighted by Gasteiger charge is -2.25. The molecule has 2 heteroatoms. The number of rotatable bonds is 3. The van der Waals surface area contributed by atoms with Crippen molar-refractivity contribution in [3.63, 3.8) is 0 Å². The van der Waals surface area contributed by atoms with E-state index < -0.39 is 11.7 Å². The molecule has 0 aliphatic heterocycles. The topological polar surface area (TPSA) is 40.5 Å². The molecule has 0 fully saturated rings. The molecule has 2 nitrogen and oxygen atoms in total. The number of hydrogen-bond acceptors (Lipinski definition) is 2. The third-order valence-corrected chi connectivity index (χ3v) is 1.74. The Hall–Kier alpha value is -0.520. The summed E-state index contributed by atoms with van der Waals surface area (Å²) < 4.78 is 0. The molecule has 0 aromatic carbocycles. The van der Waals surface area contributed by atoms with Crippen LogP contribution in [0.5, 0.6) is 0 Å². The van der Waals surface area contributed by atoms with Crippen LogP contribution in [-0.2, 0) is 0 Å². The fourth-order valence-corrected chi connectivity index (χ4v) is 0.567. The first-order valence-corrected chi connectivity index (χ1v) is 3.38. The largest absolute Gasteiger partial charge is 0.389 e. The van der Waals surface area contributed by atoms with Gasteiger partial charge in [0.15, 0.2) is 0 Å². The lowest BCUT2D eigenvalue weighted by atomic mass is 9.94. The van der Waals surface area contributed by atoms with Gasteiger partial charge in [-0.3, -0.25) is 0 Å². The van der Waals surface area contributed by atoms with Gasteiger partial charge in [-0.25, -0.2) is 0 Å². The van der Waals surface area contributed by atoms with Gasteiger partial charge in [0.2, 0.25) is 0 Å². The number of terminal acetylenes is 1. The van der Waals surface area contributed by atoms with E-state index in [1.807, 2.05) is 0 Å². The van der Waals surface area contributed by atoms with Crippen LogP contribution in [0.2, 0.25) is 0 Å². The van der Waals surface area contributed by atoms with Gasteiger partial charge in [-0.2, -0.15) is 0 Å². The minimum absolute atomic E-state index is 0.209. The van der Waals surface area contributed by atoms with E-state index in [4.69, 9.17) is 6.42 Å². The van der Waals surface area contributed by atoms with Crippen molar-refractivity contribution in [2.75, 3.05) is 0 Å². The Labute approximate surface area is 61.9 Å². The molecule has 2 unspecified atom stereocenters. The zero-order valence-corrected chi connectivity index (χ0v) is 6.46. The summed E-state index contributed by atoms with van der Waals surface area (Å²) in [4.78, 5) is 0. The Morgan fingerprint density at radius 2 is 2.20 bits per heavy atom. The Bertz CT molecular complexity index is 133. The molecule has 0 rings (SSSR count). The van der Waals surface area contributed by atoms with Gasteiger partial charge in [0.05, 0.1) is 11.7 Å². The Kier molecular flexibility index (Phi) is 3.41. The standard InChI is InChI=1S/C8H14O2/c1-4-6-7(9)8(3,10)5-2/h1,7,9-10H,5-6H2,2-3H3. The van der Waals surface area contributed by atoms with E-state index in [2.05, 4.69) is 5.92 Å². The second kappa shape index (κ2) is 3.60. The van der Waals surface area contributed by atoms with Gasteiger partial charge in [0, 0.05) is 6.42 Å². The van der Waals surface area contributed by atoms with E-state index in [1.54, 1.807) is 13.8 Å². The van der Waals surface area contributed by atoms with Crippen molar-refractivity contribution >= 4 is 0 Å². The second-order valence-corrected chi connectivity index (χ2v) is 2.63. The monoisotopic (exact) mass is 142 g/mol. The highest BCUT2D eigenvalue weighted by atomic mass is 16.3. The van der Waals surface area contributed by atoms with Crippen LogP contribution in [0.1, 0.15) is 26.7 Å². The molecule has 0 aromatic rings. The van der Waals surface area contributed by atoms with Crippen LogP contribution in [0.15, 0.2) is 0 Å². The molecule has 58 valence electrons. The summed E-state index contributed by atoms with van der Waals surface area (Å²) >= 11 is 0. The SMILES string of the molecule is C#CCC(O)C(C)(O)CC. The van der Waals surface area contributed by atoms with Crippen molar-refractivity contribution in [3.05, 3.63) is 0 Å². The predicted octanol–water partition coefficient (Wildman–Crippen LogP) is 0.532. The van der Waals surface area contributed by atoms with Gasteiger partial charge >= 0.3 is 0 Å². The first-order chi connectivity index (χ1) is 4.54. The van der Waals surface area contributed by atoms with Crippen molar-refractivity contribution in [2.45, 2.75) is 38.4 Å². The minimum Gasteiger partial charge on any atom is -0.389 e. The molecule has 0 bridgehead atoms. The molecule has 0 spiro atoms. The maximum atomic E-state index is 9.38. The molecule has 2 atom stereocenters. The van der Waals surface area contributed by atoms with Crippen LogP contribution in [0, 0.1) is 12.3 Å². The summed E-state index contributed by atoms with van der Waals surface area (Å²) in [5.74, 6) is 2.30. The Balaban J connectivity index is 3.93. The highest BCUT2D eigenvalue weighted by Crippen LogP contribution is 2.15. The first-order valence-electron chi connectivity index (χ1n) is 3.38. The summed E-state index contributed by atoms with van der Waals surface area (Å²) in [6.45, 7) is 3.38. The van der Waals surface area contributed by atoms with E-state index in [0.717, 1.165) is 0 Å². The summed E-state index contributed by atoms with van der Waals surface area (Å²) in [6.07, 6.45) is 4.88. The van der Waals surface area contributed by atoms with Crippen molar-refractivity contribution in [1.82, 2.24) is 0 Å². The quantitative estimate of drug-likeness (QED) is 0.564. The third kappa shape index (κ3) is 2.38. The van der Waals surface area contributed by atoms with Crippen LogP contribution in [0.4, 0.5) is 0 Å². The molecule has 0 aromatic heterocycles. The van der Waals surface area contributed by atoms with E-state index >= 15 is 0 Å². The van der Waals surface area contributed by atoms with Crippen LogP contribution < -0.4 is 0 Å². The van der Waals surface area contributed by atoms with E-state index in [1.165, 1.54) is 0 Å². The molecule has 2 N–H and O–H groups in total. The Morgan fingerprint density at radius 1 is 1.70 bits per heavy atom. The molecule has 10 heavy (non-hydrogen) atoms.